The van der Waals surface area contributed by atoms with Crippen LogP contribution in [0.4, 0.5) is 0 Å². The van der Waals surface area contributed by atoms with E-state index in [1.54, 1.807) is 0 Å². The van der Waals surface area contributed by atoms with Gasteiger partial charge < -0.3 is 38.9 Å². The van der Waals surface area contributed by atoms with Gasteiger partial charge in [-0.3, -0.25) is 9.59 Å². The quantitative estimate of drug-likeness (QED) is 0.0596. The Balaban J connectivity index is 0.000000189. The van der Waals surface area contributed by atoms with Crippen molar-refractivity contribution in [3.63, 3.8) is 0 Å². The Kier molecular flexibility index (Phi) is 14.9. The third kappa shape index (κ3) is 9.30. The molecule has 2 saturated heterocycles. The summed E-state index contributed by atoms with van der Waals surface area (Å²) in [5, 5.41) is 22.6. The molecule has 12 heteroatoms. The Labute approximate surface area is 377 Å². The molecule has 0 bridgehead atoms. The normalized spacial score (nSPS) is 44.6. The van der Waals surface area contributed by atoms with Gasteiger partial charge in [0.25, 0.3) is 0 Å². The summed E-state index contributed by atoms with van der Waals surface area (Å²) in [5.74, 6) is 3.13. The number of ether oxygens (including phenoxy) is 4. The largest absolute Gasteiger partial charge is 0.462 e. The molecule has 0 aromatic carbocycles. The fraction of sp³-hybridized carbons (Fsp3) is 0.843. The lowest BCUT2D eigenvalue weighted by atomic mass is 9.46. The number of esters is 2. The van der Waals surface area contributed by atoms with E-state index < -0.39 is 18.7 Å². The summed E-state index contributed by atoms with van der Waals surface area (Å²) in [5.41, 5.74) is 1.00. The standard InChI is InChI=1S/C26H42O6.C25H38O6/c1-6-8-16(3)31-32-23-14-17-13-20(27)24-18-9-10-21(30-22(28)7-2)25(18,4)12-11-19(24)26(17,5)15-29-23;1-6-7-15(2)30-31-22-13-17-12-20(27)23-18-8-9-21(29-16(3)26)24(18,4)11-10-19(23)25(17,5)14-28-22/h17-21,23-24,27H,3,6-15H2,1-2,4-5H3;12,18-23,27H,2,6-11,13-14H2,1,3-5H3/t17?,18?,19?,20-,21-,23+,24?,25-,26-;18?,19?,20-,21-,22+,23?,24-,25-/m00/s1. The highest BCUT2D eigenvalue weighted by atomic mass is 17.2. The first kappa shape index (κ1) is 48.5. The summed E-state index contributed by atoms with van der Waals surface area (Å²) >= 11 is 0. The second-order valence-electron chi connectivity index (χ2n) is 21.7. The molecular formula is C51H80O12. The molecule has 0 spiro atoms. The van der Waals surface area contributed by atoms with Crippen molar-refractivity contribution >= 4 is 11.9 Å². The minimum Gasteiger partial charge on any atom is -0.462 e. The second kappa shape index (κ2) is 19.4. The molecule has 356 valence electrons. The summed E-state index contributed by atoms with van der Waals surface area (Å²) in [4.78, 5) is 45.4. The topological polar surface area (TPSA) is 148 Å². The van der Waals surface area contributed by atoms with Crippen LogP contribution < -0.4 is 0 Å². The van der Waals surface area contributed by atoms with Gasteiger partial charge in [0, 0.05) is 55.3 Å². The average molecular weight is 885 g/mol. The molecule has 63 heavy (non-hydrogen) atoms. The van der Waals surface area contributed by atoms with E-state index in [0.29, 0.717) is 67.2 Å². The molecule has 5 saturated carbocycles. The Morgan fingerprint density at radius 2 is 1.27 bits per heavy atom. The Morgan fingerprint density at radius 3 is 1.87 bits per heavy atom. The first-order valence-electron chi connectivity index (χ1n) is 24.6. The number of carbonyl (C=O) groups is 2. The van der Waals surface area contributed by atoms with Gasteiger partial charge in [0.2, 0.25) is 12.6 Å². The third-order valence-corrected chi connectivity index (χ3v) is 18.0. The van der Waals surface area contributed by atoms with E-state index >= 15 is 0 Å². The number of rotatable bonds is 13. The summed E-state index contributed by atoms with van der Waals surface area (Å²) < 4.78 is 23.8. The number of aliphatic hydroxyl groups is 2. The predicted octanol–water partition coefficient (Wildman–Crippen LogP) is 9.82. The van der Waals surface area contributed by atoms with Crippen molar-refractivity contribution in [2.24, 2.45) is 63.1 Å². The van der Waals surface area contributed by atoms with Crippen molar-refractivity contribution in [2.45, 2.75) is 195 Å². The molecule has 2 aliphatic heterocycles. The number of allylic oxidation sites excluding steroid dienone is 2. The maximum absolute atomic E-state index is 12.0. The van der Waals surface area contributed by atoms with Gasteiger partial charge in [-0.25, -0.2) is 0 Å². The number of hydrogen-bond acceptors (Lipinski definition) is 12. The molecule has 12 nitrogen and oxygen atoms in total. The molecule has 0 amide bonds. The molecule has 2 heterocycles. The smallest absolute Gasteiger partial charge is 0.305 e. The Morgan fingerprint density at radius 1 is 0.714 bits per heavy atom. The van der Waals surface area contributed by atoms with E-state index in [0.717, 1.165) is 89.9 Å². The van der Waals surface area contributed by atoms with E-state index in [4.69, 9.17) is 38.5 Å². The molecule has 2 N–H and O–H groups in total. The van der Waals surface area contributed by atoms with Crippen LogP contribution in [-0.4, -0.2) is 72.4 Å². The van der Waals surface area contributed by atoms with E-state index in [9.17, 15) is 19.8 Å². The fourth-order valence-corrected chi connectivity index (χ4v) is 14.6. The van der Waals surface area contributed by atoms with Crippen LogP contribution in [0.2, 0.25) is 0 Å². The van der Waals surface area contributed by atoms with Crippen molar-refractivity contribution in [1.82, 2.24) is 0 Å². The highest BCUT2D eigenvalue weighted by molar-refractivity contribution is 5.69. The fourth-order valence-electron chi connectivity index (χ4n) is 14.6. The van der Waals surface area contributed by atoms with Crippen molar-refractivity contribution < 1.29 is 58.3 Å². The molecule has 8 rings (SSSR count). The molecule has 6 aliphatic carbocycles. The molecule has 0 aromatic heterocycles. The predicted molar refractivity (Wildman–Crippen MR) is 235 cm³/mol. The van der Waals surface area contributed by atoms with Crippen LogP contribution in [0.5, 0.6) is 0 Å². The maximum Gasteiger partial charge on any atom is 0.305 e. The number of carbonyl (C=O) groups excluding carboxylic acids is 2. The Bertz CT molecular complexity index is 1700. The van der Waals surface area contributed by atoms with Gasteiger partial charge in [-0.15, -0.1) is 0 Å². The van der Waals surface area contributed by atoms with Crippen molar-refractivity contribution in [3.05, 3.63) is 36.3 Å². The highest BCUT2D eigenvalue weighted by Gasteiger charge is 2.65. The van der Waals surface area contributed by atoms with E-state index in [-0.39, 0.29) is 63.7 Å². The van der Waals surface area contributed by atoms with Gasteiger partial charge >= 0.3 is 11.9 Å². The van der Waals surface area contributed by atoms with Gasteiger partial charge in [0.15, 0.2) is 0 Å². The first-order valence-corrected chi connectivity index (χ1v) is 24.6. The summed E-state index contributed by atoms with van der Waals surface area (Å²) in [6.45, 7) is 25.6. The average Bonchev–Trinajstić information content (AvgIpc) is 3.75. The molecule has 0 aromatic rings. The van der Waals surface area contributed by atoms with Crippen LogP contribution in [0.3, 0.4) is 0 Å². The Hall–Kier alpha value is -2.48. The lowest BCUT2D eigenvalue weighted by molar-refractivity contribution is -0.383. The van der Waals surface area contributed by atoms with Gasteiger partial charge in [0.05, 0.1) is 25.4 Å². The molecule has 7 unspecified atom stereocenters. The molecule has 7 fully saturated rings. The monoisotopic (exact) mass is 885 g/mol. The van der Waals surface area contributed by atoms with Crippen LogP contribution in [0.1, 0.15) is 158 Å². The van der Waals surface area contributed by atoms with E-state index in [1.165, 1.54) is 12.5 Å². The van der Waals surface area contributed by atoms with E-state index in [1.807, 2.05) is 13.0 Å². The van der Waals surface area contributed by atoms with Crippen molar-refractivity contribution in [1.29, 1.82) is 0 Å². The molecule has 17 atom stereocenters. The van der Waals surface area contributed by atoms with Crippen LogP contribution in [0, 0.1) is 63.1 Å². The van der Waals surface area contributed by atoms with Crippen molar-refractivity contribution in [3.8, 4) is 0 Å². The molecule has 0 radical (unpaired) electrons. The number of fused-ring (bicyclic) bond motifs is 10. The minimum atomic E-state index is -0.497. The van der Waals surface area contributed by atoms with Crippen LogP contribution in [0.25, 0.3) is 0 Å². The second-order valence-corrected chi connectivity index (χ2v) is 21.7. The molecule has 8 aliphatic rings. The lowest BCUT2D eigenvalue weighted by Crippen LogP contribution is -2.61. The van der Waals surface area contributed by atoms with Crippen LogP contribution in [-0.2, 0) is 48.1 Å². The van der Waals surface area contributed by atoms with Crippen molar-refractivity contribution in [2.75, 3.05) is 13.2 Å². The summed E-state index contributed by atoms with van der Waals surface area (Å²) in [6.07, 6.45) is 14.1. The maximum atomic E-state index is 12.0. The number of hydrogen-bond donors (Lipinski definition) is 2. The van der Waals surface area contributed by atoms with Gasteiger partial charge in [-0.1, -0.05) is 73.3 Å². The SMILES string of the molecule is C=C(CCC)OO[C@@H]1CC2=C[C@H](O)C3C(CC[C@@]4(C)C3CC[C@@H]4OC(C)=O)[C@@]2(C)CO1.C=C(CCC)OO[C@@H]1CC2C[C@H](O)C3C(CC[C@@]4(C)C3CC[C@@H]4OC(=O)CC)[C@@]2(C)CO1. The van der Waals surface area contributed by atoms with Gasteiger partial charge in [0.1, 0.15) is 23.7 Å². The lowest BCUT2D eigenvalue weighted by Gasteiger charge is -2.61. The first-order chi connectivity index (χ1) is 29.9. The van der Waals surface area contributed by atoms with Crippen LogP contribution >= 0.6 is 0 Å². The highest BCUT2D eigenvalue weighted by Crippen LogP contribution is 2.67. The summed E-state index contributed by atoms with van der Waals surface area (Å²) in [7, 11) is 0. The zero-order valence-electron chi connectivity index (χ0n) is 39.7. The van der Waals surface area contributed by atoms with Gasteiger partial charge in [-0.2, -0.15) is 9.78 Å². The zero-order valence-corrected chi connectivity index (χ0v) is 39.7. The minimum absolute atomic E-state index is 0.0176. The zero-order chi connectivity index (χ0) is 45.5. The third-order valence-electron chi connectivity index (χ3n) is 18.0. The van der Waals surface area contributed by atoms with Gasteiger partial charge in [-0.05, 0) is 117 Å². The number of aliphatic hydroxyl groups excluding tert-OH is 2. The summed E-state index contributed by atoms with van der Waals surface area (Å²) in [6, 6.07) is 0. The van der Waals surface area contributed by atoms with Crippen LogP contribution in [0.15, 0.2) is 36.3 Å². The molecular weight excluding hydrogens is 805 g/mol. The van der Waals surface area contributed by atoms with E-state index in [2.05, 4.69) is 54.7 Å².